The summed E-state index contributed by atoms with van der Waals surface area (Å²) in [4.78, 5) is 39.7. The van der Waals surface area contributed by atoms with E-state index in [1.807, 2.05) is 13.8 Å². The summed E-state index contributed by atoms with van der Waals surface area (Å²) in [5.41, 5.74) is 2.35. The predicted octanol–water partition coefficient (Wildman–Crippen LogP) is 3.28. The summed E-state index contributed by atoms with van der Waals surface area (Å²) >= 11 is 0. The minimum absolute atomic E-state index is 0.229. The Kier molecular flexibility index (Phi) is 8.09. The number of ether oxygens (including phenoxy) is 5. The number of ketones is 1. The van der Waals surface area contributed by atoms with Gasteiger partial charge in [0.25, 0.3) is 0 Å². The Hall–Kier alpha value is -3.49. The molecule has 3 atom stereocenters. The van der Waals surface area contributed by atoms with Crippen molar-refractivity contribution in [2.75, 3.05) is 35.0 Å². The molecule has 190 valence electrons. The maximum absolute atomic E-state index is 13.9. The van der Waals surface area contributed by atoms with Crippen molar-refractivity contribution in [3.05, 3.63) is 40.2 Å². The van der Waals surface area contributed by atoms with Crippen LogP contribution in [0.4, 0.5) is 0 Å². The number of hydrogen-bond donors (Lipinski definition) is 1. The highest BCUT2D eigenvalue weighted by atomic mass is 16.5. The van der Waals surface area contributed by atoms with Gasteiger partial charge in [-0.3, -0.25) is 9.59 Å². The molecule has 35 heavy (non-hydrogen) atoms. The fraction of sp³-hybridized carbons (Fsp3) is 0.500. The molecule has 1 aromatic carbocycles. The highest BCUT2D eigenvalue weighted by molar-refractivity contribution is 6.12. The zero-order valence-electron chi connectivity index (χ0n) is 21.3. The second-order valence-electron chi connectivity index (χ2n) is 8.59. The lowest BCUT2D eigenvalue weighted by molar-refractivity contribution is -0.151. The van der Waals surface area contributed by atoms with Crippen molar-refractivity contribution in [3.63, 3.8) is 0 Å². The van der Waals surface area contributed by atoms with E-state index in [1.165, 1.54) is 28.4 Å². The second kappa shape index (κ2) is 10.8. The molecule has 0 spiro atoms. The van der Waals surface area contributed by atoms with Crippen LogP contribution in [0.1, 0.15) is 45.1 Å². The van der Waals surface area contributed by atoms with Crippen LogP contribution in [-0.2, 0) is 23.9 Å². The summed E-state index contributed by atoms with van der Waals surface area (Å²) in [6.45, 7) is 5.73. The van der Waals surface area contributed by atoms with Crippen LogP contribution in [0.2, 0.25) is 0 Å². The first-order chi connectivity index (χ1) is 16.7. The predicted molar refractivity (Wildman–Crippen MR) is 127 cm³/mol. The Labute approximate surface area is 205 Å². The highest BCUT2D eigenvalue weighted by Gasteiger charge is 2.48. The molecule has 0 saturated heterocycles. The number of Topliss-reactive ketones (excluding diaryl/α,β-unsaturated/α-hetero) is 1. The van der Waals surface area contributed by atoms with Crippen molar-refractivity contribution in [2.45, 2.75) is 39.5 Å². The number of esters is 2. The van der Waals surface area contributed by atoms with Crippen LogP contribution >= 0.6 is 0 Å². The minimum atomic E-state index is -0.986. The van der Waals surface area contributed by atoms with Gasteiger partial charge in [-0.15, -0.1) is 0 Å². The first-order valence-corrected chi connectivity index (χ1v) is 11.5. The molecule has 0 unspecified atom stereocenters. The standard InChI is InChI=1S/C26H33NO8/c1-8-11-35-26(30)19-14(3)27-16-12-13(2)18(25(29)34-7)22(28)21(16)20(19)15-9-10-17(31-4)24(33-6)23(15)32-5/h9-10,13,18,20,27H,8,11-12H2,1-7H3/t13-,18-,20+/m1/s1. The minimum Gasteiger partial charge on any atom is -0.493 e. The quantitative estimate of drug-likeness (QED) is 0.436. The van der Waals surface area contributed by atoms with Gasteiger partial charge in [0.15, 0.2) is 17.3 Å². The fourth-order valence-corrected chi connectivity index (χ4v) is 4.89. The van der Waals surface area contributed by atoms with Crippen molar-refractivity contribution in [1.82, 2.24) is 5.32 Å². The van der Waals surface area contributed by atoms with E-state index in [2.05, 4.69) is 5.32 Å². The summed E-state index contributed by atoms with van der Waals surface area (Å²) in [5.74, 6) is -2.59. The fourth-order valence-electron chi connectivity index (χ4n) is 4.89. The Balaban J connectivity index is 2.30. The first kappa shape index (κ1) is 26.1. The third-order valence-electron chi connectivity index (χ3n) is 6.45. The number of carbonyl (C=O) groups is 3. The van der Waals surface area contributed by atoms with Crippen molar-refractivity contribution in [1.29, 1.82) is 0 Å². The van der Waals surface area contributed by atoms with Gasteiger partial charge in [-0.25, -0.2) is 4.79 Å². The molecule has 0 aromatic heterocycles. The van der Waals surface area contributed by atoms with E-state index in [1.54, 1.807) is 19.1 Å². The van der Waals surface area contributed by atoms with Gasteiger partial charge in [-0.1, -0.05) is 19.9 Å². The smallest absolute Gasteiger partial charge is 0.336 e. The molecule has 9 nitrogen and oxygen atoms in total. The molecular weight excluding hydrogens is 454 g/mol. The molecule has 0 amide bonds. The number of nitrogens with one attached hydrogen (secondary N) is 1. The van der Waals surface area contributed by atoms with Gasteiger partial charge >= 0.3 is 11.9 Å². The van der Waals surface area contributed by atoms with E-state index in [4.69, 9.17) is 23.7 Å². The maximum Gasteiger partial charge on any atom is 0.336 e. The van der Waals surface area contributed by atoms with Crippen LogP contribution in [0.15, 0.2) is 34.7 Å². The molecule has 0 fully saturated rings. The van der Waals surface area contributed by atoms with E-state index < -0.39 is 29.6 Å². The Bertz CT molecular complexity index is 1090. The van der Waals surface area contributed by atoms with Crippen LogP contribution < -0.4 is 19.5 Å². The third-order valence-corrected chi connectivity index (χ3v) is 6.45. The molecule has 2 aliphatic rings. The van der Waals surface area contributed by atoms with Crippen LogP contribution in [-0.4, -0.2) is 52.8 Å². The molecular formula is C26H33NO8. The van der Waals surface area contributed by atoms with Crippen molar-refractivity contribution >= 4 is 17.7 Å². The Morgan fingerprint density at radius 3 is 2.31 bits per heavy atom. The van der Waals surface area contributed by atoms with E-state index in [0.717, 1.165) is 0 Å². The molecule has 1 heterocycles. The molecule has 1 aliphatic carbocycles. The number of allylic oxidation sites excluding steroid dienone is 3. The summed E-state index contributed by atoms with van der Waals surface area (Å²) in [6, 6.07) is 3.43. The first-order valence-electron chi connectivity index (χ1n) is 11.5. The number of rotatable bonds is 8. The SMILES string of the molecule is CCCOC(=O)C1=C(C)NC2=C(C(=O)[C@H](C(=O)OC)[C@H](C)C2)[C@H]1c1ccc(OC)c(OC)c1OC. The third kappa shape index (κ3) is 4.59. The van der Waals surface area contributed by atoms with Crippen molar-refractivity contribution in [2.24, 2.45) is 11.8 Å². The lowest BCUT2D eigenvalue weighted by Crippen LogP contribution is -2.43. The lowest BCUT2D eigenvalue weighted by Gasteiger charge is -2.38. The van der Waals surface area contributed by atoms with E-state index in [9.17, 15) is 14.4 Å². The highest BCUT2D eigenvalue weighted by Crippen LogP contribution is 2.51. The van der Waals surface area contributed by atoms with Gasteiger partial charge in [0, 0.05) is 22.5 Å². The number of hydrogen-bond acceptors (Lipinski definition) is 9. The van der Waals surface area contributed by atoms with Gasteiger partial charge in [-0.05, 0) is 31.7 Å². The molecule has 1 aromatic rings. The largest absolute Gasteiger partial charge is 0.493 e. The molecule has 9 heteroatoms. The Morgan fingerprint density at radius 2 is 1.74 bits per heavy atom. The number of methoxy groups -OCH3 is 4. The maximum atomic E-state index is 13.9. The van der Waals surface area contributed by atoms with Crippen molar-refractivity contribution in [3.8, 4) is 17.2 Å². The van der Waals surface area contributed by atoms with Crippen molar-refractivity contribution < 1.29 is 38.1 Å². The second-order valence-corrected chi connectivity index (χ2v) is 8.59. The topological polar surface area (TPSA) is 109 Å². The number of dihydropyridines is 1. The monoisotopic (exact) mass is 487 g/mol. The van der Waals surface area contributed by atoms with Crippen LogP contribution in [0.25, 0.3) is 0 Å². The van der Waals surface area contributed by atoms with E-state index in [0.29, 0.717) is 52.6 Å². The molecule has 1 N–H and O–H groups in total. The summed E-state index contributed by atoms with van der Waals surface area (Å²) in [5, 5.41) is 3.24. The zero-order chi connectivity index (χ0) is 25.9. The van der Waals surface area contributed by atoms with Gasteiger partial charge in [0.05, 0.1) is 46.5 Å². The van der Waals surface area contributed by atoms with Gasteiger partial charge in [-0.2, -0.15) is 0 Å². The molecule has 0 bridgehead atoms. The van der Waals surface area contributed by atoms with Gasteiger partial charge in [0.1, 0.15) is 5.92 Å². The van der Waals surface area contributed by atoms with Crippen LogP contribution in [0.3, 0.4) is 0 Å². The Morgan fingerprint density at radius 1 is 1.06 bits per heavy atom. The molecule has 3 rings (SSSR count). The average Bonchev–Trinajstić information content (AvgIpc) is 2.84. The van der Waals surface area contributed by atoms with E-state index in [-0.39, 0.29) is 18.1 Å². The summed E-state index contributed by atoms with van der Waals surface area (Å²) in [6.07, 6.45) is 1.08. The van der Waals surface area contributed by atoms with E-state index >= 15 is 0 Å². The normalized spacial score (nSPS) is 21.7. The van der Waals surface area contributed by atoms with Crippen LogP contribution in [0.5, 0.6) is 17.2 Å². The van der Waals surface area contributed by atoms with Crippen LogP contribution in [0, 0.1) is 11.8 Å². The number of carbonyl (C=O) groups excluding carboxylic acids is 3. The zero-order valence-corrected chi connectivity index (χ0v) is 21.3. The van der Waals surface area contributed by atoms with Gasteiger partial charge in [0.2, 0.25) is 5.75 Å². The number of benzene rings is 1. The molecule has 0 radical (unpaired) electrons. The summed E-state index contributed by atoms with van der Waals surface area (Å²) < 4.78 is 27.1. The molecule has 1 aliphatic heterocycles. The lowest BCUT2D eigenvalue weighted by atomic mass is 9.69. The summed E-state index contributed by atoms with van der Waals surface area (Å²) in [7, 11) is 5.73. The van der Waals surface area contributed by atoms with Gasteiger partial charge < -0.3 is 29.0 Å². The molecule has 0 saturated carbocycles. The average molecular weight is 488 g/mol.